The lowest BCUT2D eigenvalue weighted by Crippen LogP contribution is -2.37. The van der Waals surface area contributed by atoms with Gasteiger partial charge in [-0.2, -0.15) is 23.0 Å². The lowest BCUT2D eigenvalue weighted by Gasteiger charge is -2.29. The third-order valence-electron chi connectivity index (χ3n) is 5.22. The second-order valence-corrected chi connectivity index (χ2v) is 7.74. The molecule has 162 valence electrons. The van der Waals surface area contributed by atoms with E-state index in [1.54, 1.807) is 37.2 Å². The number of carbonyl (C=O) groups is 1. The van der Waals surface area contributed by atoms with Crippen LogP contribution in [-0.2, 0) is 6.18 Å². The van der Waals surface area contributed by atoms with Gasteiger partial charge in [0.15, 0.2) is 5.82 Å². The fourth-order valence-corrected chi connectivity index (χ4v) is 3.46. The summed E-state index contributed by atoms with van der Waals surface area (Å²) < 4.78 is 41.3. The Hall–Kier alpha value is -3.30. The highest BCUT2D eigenvalue weighted by molar-refractivity contribution is 5.95. The summed E-state index contributed by atoms with van der Waals surface area (Å²) in [6.45, 7) is 3.76. The Balaban J connectivity index is 1.70. The number of aryl methyl sites for hydroxylation is 1. The molecule has 1 aromatic carbocycles. The zero-order valence-electron chi connectivity index (χ0n) is 17.0. The zero-order valence-corrected chi connectivity index (χ0v) is 17.0. The standard InChI is InChI=1S/C21H21F3N6O/c1-13-8-16(10-17(9-13)21(22,23)24)19(31)29(11-15-4-5-15)14(2)18-27-12-28-30(18)20-25-6-3-7-26-20/h3,6-10,12,14-15H,4-5,11H2,1-2H3/t14-/m0/s1. The molecule has 10 heteroatoms. The largest absolute Gasteiger partial charge is 0.416 e. The van der Waals surface area contributed by atoms with E-state index in [4.69, 9.17) is 0 Å². The molecule has 31 heavy (non-hydrogen) atoms. The number of benzene rings is 1. The molecule has 2 heterocycles. The molecule has 1 aliphatic carbocycles. The van der Waals surface area contributed by atoms with Gasteiger partial charge in [0, 0.05) is 24.5 Å². The maximum atomic E-state index is 13.4. The number of carbonyl (C=O) groups excluding carboxylic acids is 1. The predicted molar refractivity (Wildman–Crippen MR) is 105 cm³/mol. The van der Waals surface area contributed by atoms with Gasteiger partial charge in [-0.25, -0.2) is 15.0 Å². The summed E-state index contributed by atoms with van der Waals surface area (Å²) in [6, 6.07) is 4.55. The summed E-state index contributed by atoms with van der Waals surface area (Å²) in [5.41, 5.74) is -0.462. The first-order valence-corrected chi connectivity index (χ1v) is 9.91. The van der Waals surface area contributed by atoms with Gasteiger partial charge in [-0.15, -0.1) is 0 Å². The minimum Gasteiger partial charge on any atom is -0.328 e. The number of hydrogen-bond donors (Lipinski definition) is 0. The molecular formula is C21H21F3N6O. The van der Waals surface area contributed by atoms with Crippen molar-refractivity contribution in [2.45, 2.75) is 38.9 Å². The van der Waals surface area contributed by atoms with Crippen LogP contribution < -0.4 is 0 Å². The van der Waals surface area contributed by atoms with Crippen LogP contribution in [0.1, 0.15) is 53.1 Å². The lowest BCUT2D eigenvalue weighted by molar-refractivity contribution is -0.137. The van der Waals surface area contributed by atoms with Gasteiger partial charge in [-0.1, -0.05) is 0 Å². The molecule has 1 atom stereocenters. The maximum absolute atomic E-state index is 13.4. The van der Waals surface area contributed by atoms with Crippen molar-refractivity contribution in [1.82, 2.24) is 29.6 Å². The van der Waals surface area contributed by atoms with Gasteiger partial charge in [-0.3, -0.25) is 4.79 Å². The molecule has 1 saturated carbocycles. The SMILES string of the molecule is Cc1cc(C(=O)N(CC2CC2)[C@@H](C)c2ncnn2-c2ncccn2)cc(C(F)(F)F)c1. The quantitative estimate of drug-likeness (QED) is 0.591. The first kappa shape index (κ1) is 21.0. The second kappa shape index (κ2) is 8.09. The molecule has 0 radical (unpaired) electrons. The normalized spacial score (nSPS) is 15.0. The minimum atomic E-state index is -4.53. The Morgan fingerprint density at radius 3 is 2.55 bits per heavy atom. The number of alkyl halides is 3. The van der Waals surface area contributed by atoms with Gasteiger partial charge < -0.3 is 4.90 Å². The lowest BCUT2D eigenvalue weighted by atomic mass is 10.0. The molecular weight excluding hydrogens is 409 g/mol. The van der Waals surface area contributed by atoms with Crippen LogP contribution in [0.3, 0.4) is 0 Å². The number of halogens is 3. The molecule has 2 aromatic heterocycles. The summed E-state index contributed by atoms with van der Waals surface area (Å²) in [5.74, 6) is 0.583. The van der Waals surface area contributed by atoms with Crippen molar-refractivity contribution in [3.05, 3.63) is 65.5 Å². The van der Waals surface area contributed by atoms with Gasteiger partial charge in [0.05, 0.1) is 11.6 Å². The highest BCUT2D eigenvalue weighted by Crippen LogP contribution is 2.35. The van der Waals surface area contributed by atoms with E-state index in [2.05, 4.69) is 20.1 Å². The topological polar surface area (TPSA) is 76.8 Å². The van der Waals surface area contributed by atoms with E-state index in [1.807, 2.05) is 0 Å². The van der Waals surface area contributed by atoms with Crippen molar-refractivity contribution in [3.63, 3.8) is 0 Å². The molecule has 7 nitrogen and oxygen atoms in total. The third kappa shape index (κ3) is 4.57. The Morgan fingerprint density at radius 2 is 1.90 bits per heavy atom. The number of aromatic nitrogens is 5. The number of rotatable bonds is 6. The molecule has 1 fully saturated rings. The van der Waals surface area contributed by atoms with Gasteiger partial charge in [0.1, 0.15) is 6.33 Å². The number of amides is 1. The molecule has 1 amide bonds. The van der Waals surface area contributed by atoms with E-state index >= 15 is 0 Å². The van der Waals surface area contributed by atoms with E-state index in [1.165, 1.54) is 17.1 Å². The first-order valence-electron chi connectivity index (χ1n) is 9.91. The predicted octanol–water partition coefficient (Wildman–Crippen LogP) is 4.00. The average Bonchev–Trinajstić information content (AvgIpc) is 3.43. The molecule has 4 rings (SSSR count). The summed E-state index contributed by atoms with van der Waals surface area (Å²) in [5, 5.41) is 4.17. The highest BCUT2D eigenvalue weighted by Gasteiger charge is 2.35. The van der Waals surface area contributed by atoms with Crippen molar-refractivity contribution in [2.75, 3.05) is 6.54 Å². The van der Waals surface area contributed by atoms with Crippen LogP contribution in [0.2, 0.25) is 0 Å². The van der Waals surface area contributed by atoms with Crippen molar-refractivity contribution in [2.24, 2.45) is 5.92 Å². The van der Waals surface area contributed by atoms with Gasteiger partial charge in [0.2, 0.25) is 0 Å². The molecule has 0 saturated heterocycles. The fraction of sp³-hybridized carbons (Fsp3) is 0.381. The first-order chi connectivity index (χ1) is 14.7. The van der Waals surface area contributed by atoms with Crippen molar-refractivity contribution in [3.8, 4) is 5.95 Å². The Labute approximate surface area is 177 Å². The van der Waals surface area contributed by atoms with E-state index in [0.717, 1.165) is 25.0 Å². The van der Waals surface area contributed by atoms with E-state index < -0.39 is 23.7 Å². The van der Waals surface area contributed by atoms with Crippen LogP contribution in [0.4, 0.5) is 13.2 Å². The molecule has 0 aliphatic heterocycles. The monoisotopic (exact) mass is 430 g/mol. The van der Waals surface area contributed by atoms with Crippen LogP contribution in [0.15, 0.2) is 43.0 Å². The Morgan fingerprint density at radius 1 is 1.19 bits per heavy atom. The minimum absolute atomic E-state index is 0.00171. The van der Waals surface area contributed by atoms with Crippen LogP contribution in [0.25, 0.3) is 5.95 Å². The number of hydrogen-bond acceptors (Lipinski definition) is 5. The molecule has 3 aromatic rings. The zero-order chi connectivity index (χ0) is 22.2. The Kier molecular flexibility index (Phi) is 5.47. The molecule has 0 spiro atoms. The average molecular weight is 430 g/mol. The molecule has 0 bridgehead atoms. The van der Waals surface area contributed by atoms with Crippen LogP contribution in [0.5, 0.6) is 0 Å². The van der Waals surface area contributed by atoms with E-state index in [9.17, 15) is 18.0 Å². The second-order valence-electron chi connectivity index (χ2n) is 7.74. The molecule has 1 aliphatic rings. The summed E-state index contributed by atoms with van der Waals surface area (Å²) in [7, 11) is 0. The summed E-state index contributed by atoms with van der Waals surface area (Å²) in [6.07, 6.45) is 1.91. The summed E-state index contributed by atoms with van der Waals surface area (Å²) >= 11 is 0. The van der Waals surface area contributed by atoms with Crippen molar-refractivity contribution >= 4 is 5.91 Å². The van der Waals surface area contributed by atoms with E-state index in [0.29, 0.717) is 29.8 Å². The Bertz CT molecular complexity index is 1080. The van der Waals surface area contributed by atoms with Crippen LogP contribution in [0, 0.1) is 12.8 Å². The third-order valence-corrected chi connectivity index (χ3v) is 5.22. The fourth-order valence-electron chi connectivity index (χ4n) is 3.46. The van der Waals surface area contributed by atoms with Gasteiger partial charge in [0.25, 0.3) is 11.9 Å². The van der Waals surface area contributed by atoms with Crippen LogP contribution >= 0.6 is 0 Å². The van der Waals surface area contributed by atoms with Crippen molar-refractivity contribution in [1.29, 1.82) is 0 Å². The van der Waals surface area contributed by atoms with Crippen molar-refractivity contribution < 1.29 is 18.0 Å². The number of nitrogens with zero attached hydrogens (tertiary/aromatic N) is 6. The van der Waals surface area contributed by atoms with Crippen LogP contribution in [-0.4, -0.2) is 42.1 Å². The van der Waals surface area contributed by atoms with Gasteiger partial charge >= 0.3 is 6.18 Å². The van der Waals surface area contributed by atoms with E-state index in [-0.39, 0.29) is 5.56 Å². The summed E-state index contributed by atoms with van der Waals surface area (Å²) in [4.78, 5) is 27.6. The smallest absolute Gasteiger partial charge is 0.328 e. The maximum Gasteiger partial charge on any atom is 0.416 e. The molecule has 0 unspecified atom stereocenters. The highest BCUT2D eigenvalue weighted by atomic mass is 19.4. The molecule has 0 N–H and O–H groups in total. The van der Waals surface area contributed by atoms with Gasteiger partial charge in [-0.05, 0) is 62.4 Å².